The zero-order valence-electron chi connectivity index (χ0n) is 9.11. The second-order valence-corrected chi connectivity index (χ2v) is 3.98. The number of carbonyl (C=O) groups is 1. The predicted octanol–water partition coefficient (Wildman–Crippen LogP) is 2.31. The van der Waals surface area contributed by atoms with E-state index in [4.69, 9.17) is 11.6 Å². The summed E-state index contributed by atoms with van der Waals surface area (Å²) < 4.78 is 0. The van der Waals surface area contributed by atoms with E-state index < -0.39 is 0 Å². The fourth-order valence-electron chi connectivity index (χ4n) is 1.24. The number of carbonyl (C=O) groups excluding carboxylic acids is 1. The molecule has 0 heterocycles. The summed E-state index contributed by atoms with van der Waals surface area (Å²) in [6.45, 7) is 1.94. The number of rotatable bonds is 4. The highest BCUT2D eigenvalue weighted by atomic mass is 35.5. The van der Waals surface area contributed by atoms with Gasteiger partial charge in [0.25, 0.3) is 0 Å². The Labute approximate surface area is 95.8 Å². The highest BCUT2D eigenvalue weighted by Gasteiger charge is 2.14. The molecular weight excluding hydrogens is 210 g/mol. The van der Waals surface area contributed by atoms with E-state index >= 15 is 0 Å². The van der Waals surface area contributed by atoms with Crippen LogP contribution in [0.5, 0.6) is 0 Å². The molecule has 0 aliphatic rings. The molecule has 0 radical (unpaired) electrons. The fourth-order valence-corrected chi connectivity index (χ4v) is 1.45. The molecule has 0 spiro atoms. The van der Waals surface area contributed by atoms with E-state index in [0.29, 0.717) is 12.3 Å². The lowest BCUT2D eigenvalue weighted by Crippen LogP contribution is -2.37. The van der Waals surface area contributed by atoms with Crippen molar-refractivity contribution < 1.29 is 4.79 Å². The molecule has 2 nitrogen and oxygen atoms in total. The Morgan fingerprint density at radius 2 is 2.00 bits per heavy atom. The Balaban J connectivity index is 2.56. The van der Waals surface area contributed by atoms with E-state index in [1.807, 2.05) is 37.3 Å². The average Bonchev–Trinajstić information content (AvgIpc) is 2.28. The molecule has 1 unspecified atom stereocenters. The van der Waals surface area contributed by atoms with Gasteiger partial charge in [0, 0.05) is 19.0 Å². The first-order valence-corrected chi connectivity index (χ1v) is 5.54. The molecule has 0 aliphatic carbocycles. The molecule has 0 aromatic heterocycles. The number of nitrogens with zero attached hydrogens (tertiary/aromatic N) is 1. The first-order chi connectivity index (χ1) is 7.15. The monoisotopic (exact) mass is 225 g/mol. The summed E-state index contributed by atoms with van der Waals surface area (Å²) in [7, 11) is 1.79. The van der Waals surface area contributed by atoms with Crippen LogP contribution < -0.4 is 0 Å². The van der Waals surface area contributed by atoms with Crippen molar-refractivity contribution in [1.29, 1.82) is 0 Å². The fraction of sp³-hybridized carbons (Fsp3) is 0.417. The number of amides is 1. The maximum Gasteiger partial charge on any atom is 0.227 e. The smallest absolute Gasteiger partial charge is 0.227 e. The number of benzene rings is 1. The molecule has 0 saturated heterocycles. The van der Waals surface area contributed by atoms with Crippen molar-refractivity contribution in [1.82, 2.24) is 4.90 Å². The van der Waals surface area contributed by atoms with E-state index in [2.05, 4.69) is 0 Å². The average molecular weight is 226 g/mol. The van der Waals surface area contributed by atoms with E-state index in [0.717, 1.165) is 5.56 Å². The number of hydrogen-bond donors (Lipinski definition) is 0. The quantitative estimate of drug-likeness (QED) is 0.721. The molecule has 82 valence electrons. The summed E-state index contributed by atoms with van der Waals surface area (Å²) in [6.07, 6.45) is 0.443. The van der Waals surface area contributed by atoms with Gasteiger partial charge in [-0.2, -0.15) is 0 Å². The van der Waals surface area contributed by atoms with E-state index in [-0.39, 0.29) is 11.9 Å². The highest BCUT2D eigenvalue weighted by molar-refractivity contribution is 6.18. The first-order valence-electron chi connectivity index (χ1n) is 5.00. The summed E-state index contributed by atoms with van der Waals surface area (Å²) in [5, 5.41) is 0. The number of alkyl halides is 1. The van der Waals surface area contributed by atoms with Crippen LogP contribution in [-0.2, 0) is 11.2 Å². The molecule has 1 aromatic carbocycles. The lowest BCUT2D eigenvalue weighted by molar-refractivity contribution is -0.130. The van der Waals surface area contributed by atoms with Crippen molar-refractivity contribution in [2.45, 2.75) is 19.4 Å². The summed E-state index contributed by atoms with van der Waals surface area (Å²) in [6, 6.07) is 9.82. The Kier molecular flexibility index (Phi) is 4.63. The summed E-state index contributed by atoms with van der Waals surface area (Å²) in [5.41, 5.74) is 1.04. The minimum Gasteiger partial charge on any atom is -0.342 e. The molecule has 0 bridgehead atoms. The molecule has 0 aliphatic heterocycles. The molecule has 0 N–H and O–H groups in total. The van der Waals surface area contributed by atoms with Crippen molar-refractivity contribution in [2.24, 2.45) is 0 Å². The van der Waals surface area contributed by atoms with E-state index in [1.165, 1.54) is 0 Å². The van der Waals surface area contributed by atoms with Gasteiger partial charge < -0.3 is 4.90 Å². The van der Waals surface area contributed by atoms with Crippen LogP contribution in [0.4, 0.5) is 0 Å². The largest absolute Gasteiger partial charge is 0.342 e. The van der Waals surface area contributed by atoms with Crippen molar-refractivity contribution in [3.05, 3.63) is 35.9 Å². The van der Waals surface area contributed by atoms with Crippen LogP contribution in [0.2, 0.25) is 0 Å². The summed E-state index contributed by atoms with van der Waals surface area (Å²) in [4.78, 5) is 13.5. The van der Waals surface area contributed by atoms with Crippen LogP contribution in [0, 0.1) is 0 Å². The summed E-state index contributed by atoms with van der Waals surface area (Å²) >= 11 is 5.70. The Morgan fingerprint density at radius 3 is 2.53 bits per heavy atom. The molecule has 0 saturated carbocycles. The summed E-state index contributed by atoms with van der Waals surface area (Å²) in [5.74, 6) is 0.575. The van der Waals surface area contributed by atoms with E-state index in [1.54, 1.807) is 11.9 Å². The maximum atomic E-state index is 11.8. The van der Waals surface area contributed by atoms with Gasteiger partial charge in [0.2, 0.25) is 5.91 Å². The lowest BCUT2D eigenvalue weighted by atomic mass is 10.1. The molecule has 1 rings (SSSR count). The first kappa shape index (κ1) is 12.1. The molecule has 3 heteroatoms. The van der Waals surface area contributed by atoms with Crippen molar-refractivity contribution in [3.63, 3.8) is 0 Å². The third-order valence-electron chi connectivity index (χ3n) is 2.48. The van der Waals surface area contributed by atoms with Crippen molar-refractivity contribution in [2.75, 3.05) is 12.9 Å². The van der Waals surface area contributed by atoms with Crippen LogP contribution in [-0.4, -0.2) is 29.8 Å². The predicted molar refractivity (Wildman–Crippen MR) is 63.1 cm³/mol. The maximum absolute atomic E-state index is 11.8. The van der Waals surface area contributed by atoms with Gasteiger partial charge in [-0.25, -0.2) is 0 Å². The van der Waals surface area contributed by atoms with Gasteiger partial charge in [0.15, 0.2) is 0 Å². The molecule has 1 aromatic rings. The molecule has 1 amide bonds. The second kappa shape index (κ2) is 5.76. The highest BCUT2D eigenvalue weighted by Crippen LogP contribution is 2.05. The minimum atomic E-state index is 0.0860. The van der Waals surface area contributed by atoms with Crippen molar-refractivity contribution >= 4 is 17.5 Å². The van der Waals surface area contributed by atoms with Gasteiger partial charge in [-0.1, -0.05) is 30.3 Å². The standard InChI is InChI=1S/C12H16ClNO/c1-10(9-13)14(2)12(15)8-11-6-4-3-5-7-11/h3-7,10H,8-9H2,1-2H3. The minimum absolute atomic E-state index is 0.0860. The third kappa shape index (κ3) is 3.56. The second-order valence-electron chi connectivity index (χ2n) is 3.67. The topological polar surface area (TPSA) is 20.3 Å². The normalized spacial score (nSPS) is 12.2. The van der Waals surface area contributed by atoms with Crippen LogP contribution >= 0.6 is 11.6 Å². The SMILES string of the molecule is CC(CCl)N(C)C(=O)Cc1ccccc1. The van der Waals surface area contributed by atoms with Gasteiger partial charge in [-0.15, -0.1) is 11.6 Å². The van der Waals surface area contributed by atoms with Gasteiger partial charge >= 0.3 is 0 Å². The van der Waals surface area contributed by atoms with Crippen LogP contribution in [0.25, 0.3) is 0 Å². The molecule has 15 heavy (non-hydrogen) atoms. The van der Waals surface area contributed by atoms with Crippen molar-refractivity contribution in [3.8, 4) is 0 Å². The van der Waals surface area contributed by atoms with Gasteiger partial charge in [-0.05, 0) is 12.5 Å². The van der Waals surface area contributed by atoms with E-state index in [9.17, 15) is 4.79 Å². The Morgan fingerprint density at radius 1 is 1.40 bits per heavy atom. The number of halogens is 1. The van der Waals surface area contributed by atoms with Crippen LogP contribution in [0.1, 0.15) is 12.5 Å². The molecule has 1 atom stereocenters. The van der Waals surface area contributed by atoms with Crippen LogP contribution in [0.15, 0.2) is 30.3 Å². The molecular formula is C12H16ClNO. The zero-order chi connectivity index (χ0) is 11.3. The van der Waals surface area contributed by atoms with Crippen LogP contribution in [0.3, 0.4) is 0 Å². The third-order valence-corrected chi connectivity index (χ3v) is 2.92. The van der Waals surface area contributed by atoms with Gasteiger partial charge in [-0.3, -0.25) is 4.79 Å². The lowest BCUT2D eigenvalue weighted by Gasteiger charge is -2.23. The Hall–Kier alpha value is -1.02. The van der Waals surface area contributed by atoms with Gasteiger partial charge in [0.05, 0.1) is 6.42 Å². The Bertz CT molecular complexity index is 313. The zero-order valence-corrected chi connectivity index (χ0v) is 9.87. The molecule has 0 fully saturated rings. The van der Waals surface area contributed by atoms with Gasteiger partial charge in [0.1, 0.15) is 0 Å². The number of likely N-dealkylation sites (N-methyl/N-ethyl adjacent to an activating group) is 1. The number of hydrogen-bond acceptors (Lipinski definition) is 1.